The lowest BCUT2D eigenvalue weighted by molar-refractivity contribution is -0.126. The summed E-state index contributed by atoms with van der Waals surface area (Å²) in [5.74, 6) is -0.0647. The summed E-state index contributed by atoms with van der Waals surface area (Å²) < 4.78 is 15.0. The van der Waals surface area contributed by atoms with Crippen LogP contribution in [0.15, 0.2) is 67.3 Å². The van der Waals surface area contributed by atoms with E-state index in [9.17, 15) is 9.18 Å². The van der Waals surface area contributed by atoms with Gasteiger partial charge in [0.1, 0.15) is 25.4 Å². The fourth-order valence-corrected chi connectivity index (χ4v) is 3.02. The molecule has 2 aromatic carbocycles. The molecule has 1 unspecified atom stereocenters. The topological polar surface area (TPSA) is 47.8 Å². The highest BCUT2D eigenvalue weighted by atomic mass is 19.1. The minimum atomic E-state index is -0.763. The molecule has 0 fully saturated rings. The van der Waals surface area contributed by atoms with E-state index in [4.69, 9.17) is 0 Å². The molecule has 0 N–H and O–H groups in total. The smallest absolute Gasteiger partial charge is 0.171 e. The van der Waals surface area contributed by atoms with Crippen LogP contribution in [-0.2, 0) is 16.9 Å². The van der Waals surface area contributed by atoms with E-state index >= 15 is 0 Å². The first-order valence-corrected chi connectivity index (χ1v) is 8.13. The van der Waals surface area contributed by atoms with Crippen LogP contribution in [0.1, 0.15) is 36.6 Å². The van der Waals surface area contributed by atoms with Gasteiger partial charge in [-0.25, -0.2) is 14.1 Å². The number of nitrogens with zero attached hydrogens (tertiary/aromatic N) is 3. The molecule has 3 rings (SSSR count). The first-order valence-electron chi connectivity index (χ1n) is 8.13. The molecule has 0 saturated carbocycles. The molecule has 0 bridgehead atoms. The summed E-state index contributed by atoms with van der Waals surface area (Å²) in [6.07, 6.45) is 2.88. The Morgan fingerprint density at radius 1 is 1.12 bits per heavy atom. The molecule has 0 aliphatic carbocycles. The van der Waals surface area contributed by atoms with E-state index in [1.54, 1.807) is 24.3 Å². The maximum absolute atomic E-state index is 13.5. The number of ketones is 1. The summed E-state index contributed by atoms with van der Waals surface area (Å²) in [5, 5.41) is 4.16. The number of aromatic nitrogens is 3. The van der Waals surface area contributed by atoms with Crippen molar-refractivity contribution in [3.63, 3.8) is 0 Å². The number of Topliss-reactive ketones (excluding diaryl/α,β-unsaturated/α-hetero) is 1. The molecule has 25 heavy (non-hydrogen) atoms. The Kier molecular flexibility index (Phi) is 4.74. The molecule has 0 amide bonds. The molecule has 0 saturated heterocycles. The maximum Gasteiger partial charge on any atom is 0.171 e. The van der Waals surface area contributed by atoms with Crippen LogP contribution in [0.4, 0.5) is 4.39 Å². The van der Waals surface area contributed by atoms with E-state index in [0.717, 1.165) is 5.56 Å². The van der Waals surface area contributed by atoms with Gasteiger partial charge in [-0.1, -0.05) is 54.6 Å². The Balaban J connectivity index is 2.11. The van der Waals surface area contributed by atoms with Gasteiger partial charge in [-0.05, 0) is 30.5 Å². The van der Waals surface area contributed by atoms with Gasteiger partial charge in [0.25, 0.3) is 0 Å². The zero-order valence-electron chi connectivity index (χ0n) is 14.3. The molecule has 0 aliphatic rings. The van der Waals surface area contributed by atoms with Crippen molar-refractivity contribution in [2.24, 2.45) is 0 Å². The molecule has 3 aromatic rings. The van der Waals surface area contributed by atoms with Crippen molar-refractivity contribution in [3.05, 3.63) is 83.9 Å². The van der Waals surface area contributed by atoms with Crippen molar-refractivity contribution in [3.8, 4) is 0 Å². The highest BCUT2D eigenvalue weighted by molar-refractivity contribution is 5.95. The molecule has 1 aromatic heterocycles. The lowest BCUT2D eigenvalue weighted by atomic mass is 9.76. The number of alkyl halides is 1. The standard InChI is InChI=1S/C20H20FN3O/c1-20(2,16-9-4-3-5-10-16)19(25)18(24-14-22-13-23-24)17-11-7-6-8-15(17)12-21/h3-11,13-14,18H,12H2,1-2H3. The number of rotatable bonds is 6. The summed E-state index contributed by atoms with van der Waals surface area (Å²) >= 11 is 0. The first kappa shape index (κ1) is 17.0. The average molecular weight is 337 g/mol. The third kappa shape index (κ3) is 3.22. The van der Waals surface area contributed by atoms with E-state index in [0.29, 0.717) is 11.1 Å². The second-order valence-corrected chi connectivity index (χ2v) is 6.47. The van der Waals surface area contributed by atoms with Crippen LogP contribution in [0.25, 0.3) is 0 Å². The van der Waals surface area contributed by atoms with Gasteiger partial charge < -0.3 is 0 Å². The van der Waals surface area contributed by atoms with Crippen molar-refractivity contribution < 1.29 is 9.18 Å². The average Bonchev–Trinajstić information content (AvgIpc) is 3.17. The van der Waals surface area contributed by atoms with Crippen LogP contribution in [0.3, 0.4) is 0 Å². The lowest BCUT2D eigenvalue weighted by Gasteiger charge is -2.29. The molecule has 0 spiro atoms. The predicted molar refractivity (Wildman–Crippen MR) is 93.9 cm³/mol. The second kappa shape index (κ2) is 6.97. The Hall–Kier alpha value is -2.82. The first-order chi connectivity index (χ1) is 12.1. The fraction of sp³-hybridized carbons (Fsp3) is 0.250. The summed E-state index contributed by atoms with van der Waals surface area (Å²) in [7, 11) is 0. The number of benzene rings is 2. The van der Waals surface area contributed by atoms with Crippen molar-refractivity contribution in [2.45, 2.75) is 32.0 Å². The third-order valence-electron chi connectivity index (χ3n) is 4.55. The molecule has 128 valence electrons. The Labute approximate surface area is 146 Å². The van der Waals surface area contributed by atoms with Crippen molar-refractivity contribution in [1.29, 1.82) is 0 Å². The molecule has 0 radical (unpaired) electrons. The summed E-state index contributed by atoms with van der Waals surface area (Å²) in [4.78, 5) is 17.5. The fourth-order valence-electron chi connectivity index (χ4n) is 3.02. The Morgan fingerprint density at radius 3 is 2.44 bits per heavy atom. The van der Waals surface area contributed by atoms with Crippen LogP contribution < -0.4 is 0 Å². The summed E-state index contributed by atoms with van der Waals surface area (Å²) in [6.45, 7) is 3.12. The van der Waals surface area contributed by atoms with Gasteiger partial charge in [-0.3, -0.25) is 4.79 Å². The van der Waals surface area contributed by atoms with Gasteiger partial charge in [-0.15, -0.1) is 0 Å². The zero-order valence-corrected chi connectivity index (χ0v) is 14.3. The zero-order chi connectivity index (χ0) is 17.9. The van der Waals surface area contributed by atoms with E-state index in [1.165, 1.54) is 17.3 Å². The number of hydrogen-bond donors (Lipinski definition) is 0. The van der Waals surface area contributed by atoms with Gasteiger partial charge >= 0.3 is 0 Å². The Bertz CT molecular complexity index is 844. The van der Waals surface area contributed by atoms with Crippen LogP contribution in [0, 0.1) is 0 Å². The highest BCUT2D eigenvalue weighted by Crippen LogP contribution is 2.33. The monoisotopic (exact) mass is 337 g/mol. The van der Waals surface area contributed by atoms with Crippen LogP contribution in [0.5, 0.6) is 0 Å². The van der Waals surface area contributed by atoms with E-state index in [1.807, 2.05) is 44.2 Å². The minimum absolute atomic E-state index is 0.0647. The van der Waals surface area contributed by atoms with E-state index < -0.39 is 18.1 Å². The second-order valence-electron chi connectivity index (χ2n) is 6.47. The quantitative estimate of drug-likeness (QED) is 0.686. The maximum atomic E-state index is 13.5. The number of carbonyl (C=O) groups is 1. The van der Waals surface area contributed by atoms with Crippen LogP contribution >= 0.6 is 0 Å². The molecule has 5 heteroatoms. The number of carbonyl (C=O) groups excluding carboxylic acids is 1. The van der Waals surface area contributed by atoms with Crippen LogP contribution in [-0.4, -0.2) is 20.5 Å². The van der Waals surface area contributed by atoms with Crippen molar-refractivity contribution in [2.75, 3.05) is 0 Å². The SMILES string of the molecule is CC(C)(C(=O)C(c1ccccc1CF)n1cncn1)c1ccccc1. The summed E-state index contributed by atoms with van der Waals surface area (Å²) in [6, 6.07) is 15.9. The summed E-state index contributed by atoms with van der Waals surface area (Å²) in [5.41, 5.74) is 1.24. The normalized spacial score (nSPS) is 12.8. The molecule has 1 heterocycles. The molecule has 0 aliphatic heterocycles. The van der Waals surface area contributed by atoms with Crippen LogP contribution in [0.2, 0.25) is 0 Å². The minimum Gasteiger partial charge on any atom is -0.296 e. The van der Waals surface area contributed by atoms with Gasteiger partial charge in [0.15, 0.2) is 5.78 Å². The van der Waals surface area contributed by atoms with Gasteiger partial charge in [0.05, 0.1) is 5.41 Å². The molecule has 4 nitrogen and oxygen atoms in total. The molecular formula is C20H20FN3O. The van der Waals surface area contributed by atoms with Crippen molar-refractivity contribution in [1.82, 2.24) is 14.8 Å². The third-order valence-corrected chi connectivity index (χ3v) is 4.55. The number of halogens is 1. The lowest BCUT2D eigenvalue weighted by Crippen LogP contribution is -2.37. The Morgan fingerprint density at radius 2 is 1.80 bits per heavy atom. The largest absolute Gasteiger partial charge is 0.296 e. The predicted octanol–water partition coefficient (Wildman–Crippen LogP) is 3.88. The van der Waals surface area contributed by atoms with Gasteiger partial charge in [0, 0.05) is 0 Å². The molecular weight excluding hydrogens is 317 g/mol. The van der Waals surface area contributed by atoms with Crippen molar-refractivity contribution >= 4 is 5.78 Å². The van der Waals surface area contributed by atoms with E-state index in [-0.39, 0.29) is 5.78 Å². The van der Waals surface area contributed by atoms with Gasteiger partial charge in [0.2, 0.25) is 0 Å². The molecule has 1 atom stereocenters. The number of hydrogen-bond acceptors (Lipinski definition) is 3. The highest BCUT2D eigenvalue weighted by Gasteiger charge is 2.38. The van der Waals surface area contributed by atoms with E-state index in [2.05, 4.69) is 10.1 Å². The van der Waals surface area contributed by atoms with Gasteiger partial charge in [-0.2, -0.15) is 5.10 Å².